The van der Waals surface area contributed by atoms with Crippen LogP contribution in [-0.4, -0.2) is 30.6 Å². The zero-order chi connectivity index (χ0) is 15.5. The predicted molar refractivity (Wildman–Crippen MR) is 77.9 cm³/mol. The molecular formula is C16H20F2N2O2. The molecule has 6 heteroatoms. The van der Waals surface area contributed by atoms with Gasteiger partial charge in [-0.25, -0.2) is 0 Å². The highest BCUT2D eigenvalue weighted by atomic mass is 19.3. The van der Waals surface area contributed by atoms with Crippen LogP contribution in [0.3, 0.4) is 0 Å². The third-order valence-corrected chi connectivity index (χ3v) is 4.35. The average Bonchev–Trinajstić information content (AvgIpc) is 2.79. The number of nitrogens with one attached hydrogen (secondary N) is 2. The minimum Gasteiger partial charge on any atom is -0.435 e. The van der Waals surface area contributed by atoms with Gasteiger partial charge in [0.05, 0.1) is 6.42 Å². The molecule has 0 saturated carbocycles. The summed E-state index contributed by atoms with van der Waals surface area (Å²) in [7, 11) is 0. The summed E-state index contributed by atoms with van der Waals surface area (Å²) in [5.74, 6) is 0.0860. The van der Waals surface area contributed by atoms with E-state index in [1.54, 1.807) is 12.1 Å². The summed E-state index contributed by atoms with van der Waals surface area (Å²) in [4.78, 5) is 12.1. The number of benzene rings is 1. The third kappa shape index (κ3) is 3.94. The fraction of sp³-hybridized carbons (Fsp3) is 0.562. The molecule has 2 saturated heterocycles. The normalized spacial score (nSPS) is 27.0. The van der Waals surface area contributed by atoms with Crippen LogP contribution in [0.1, 0.15) is 31.2 Å². The maximum atomic E-state index is 12.1. The Hall–Kier alpha value is -1.69. The van der Waals surface area contributed by atoms with Crippen molar-refractivity contribution in [2.24, 2.45) is 0 Å². The number of fused-ring (bicyclic) bond motifs is 2. The van der Waals surface area contributed by atoms with Gasteiger partial charge in [0.25, 0.3) is 0 Å². The molecule has 4 nitrogen and oxygen atoms in total. The molecule has 1 amide bonds. The number of carbonyl (C=O) groups excluding carboxylic acids is 1. The zero-order valence-corrected chi connectivity index (χ0v) is 12.2. The van der Waals surface area contributed by atoms with Gasteiger partial charge in [-0.2, -0.15) is 8.78 Å². The molecule has 1 aromatic rings. The molecule has 2 heterocycles. The van der Waals surface area contributed by atoms with E-state index in [2.05, 4.69) is 15.4 Å². The molecule has 1 aromatic carbocycles. The molecule has 2 bridgehead atoms. The van der Waals surface area contributed by atoms with Crippen molar-refractivity contribution >= 4 is 5.91 Å². The maximum Gasteiger partial charge on any atom is 0.387 e. The molecule has 0 radical (unpaired) electrons. The number of hydrogen-bond acceptors (Lipinski definition) is 3. The van der Waals surface area contributed by atoms with Crippen molar-refractivity contribution in [1.82, 2.24) is 10.6 Å². The Morgan fingerprint density at radius 2 is 1.86 bits per heavy atom. The summed E-state index contributed by atoms with van der Waals surface area (Å²) in [6.07, 6.45) is 4.63. The number of hydrogen-bond donors (Lipinski definition) is 2. The average molecular weight is 310 g/mol. The lowest BCUT2D eigenvalue weighted by atomic mass is 9.99. The summed E-state index contributed by atoms with van der Waals surface area (Å²) in [6.45, 7) is -2.83. The van der Waals surface area contributed by atoms with Gasteiger partial charge in [-0.3, -0.25) is 4.79 Å². The Morgan fingerprint density at radius 1 is 1.23 bits per heavy atom. The van der Waals surface area contributed by atoms with E-state index in [-0.39, 0.29) is 24.1 Å². The van der Waals surface area contributed by atoms with E-state index < -0.39 is 6.61 Å². The molecule has 2 N–H and O–H groups in total. The van der Waals surface area contributed by atoms with E-state index in [1.807, 2.05) is 0 Å². The van der Waals surface area contributed by atoms with Crippen LogP contribution in [0.25, 0.3) is 0 Å². The fourth-order valence-electron chi connectivity index (χ4n) is 3.43. The van der Waals surface area contributed by atoms with E-state index in [4.69, 9.17) is 0 Å². The van der Waals surface area contributed by atoms with Crippen LogP contribution in [0.15, 0.2) is 24.3 Å². The molecule has 2 aliphatic rings. The van der Waals surface area contributed by atoms with Gasteiger partial charge in [-0.1, -0.05) is 12.1 Å². The Morgan fingerprint density at radius 3 is 2.45 bits per heavy atom. The summed E-state index contributed by atoms with van der Waals surface area (Å²) in [5.41, 5.74) is 0.788. The first kappa shape index (κ1) is 15.2. The van der Waals surface area contributed by atoms with Crippen LogP contribution in [-0.2, 0) is 11.2 Å². The second-order valence-electron chi connectivity index (χ2n) is 6.07. The Balaban J connectivity index is 1.49. The number of amides is 1. The van der Waals surface area contributed by atoms with Gasteiger partial charge in [-0.05, 0) is 43.4 Å². The van der Waals surface area contributed by atoms with Crippen molar-refractivity contribution in [3.05, 3.63) is 29.8 Å². The molecule has 3 rings (SSSR count). The highest BCUT2D eigenvalue weighted by Gasteiger charge is 2.33. The number of alkyl halides is 2. The van der Waals surface area contributed by atoms with Crippen molar-refractivity contribution < 1.29 is 18.3 Å². The molecular weight excluding hydrogens is 290 g/mol. The van der Waals surface area contributed by atoms with Crippen molar-refractivity contribution in [2.45, 2.75) is 56.8 Å². The molecule has 2 unspecified atom stereocenters. The molecule has 2 fully saturated rings. The number of ether oxygens (including phenoxy) is 1. The summed E-state index contributed by atoms with van der Waals surface area (Å²) < 4.78 is 28.4. The highest BCUT2D eigenvalue weighted by Crippen LogP contribution is 2.26. The lowest BCUT2D eigenvalue weighted by Gasteiger charge is -2.29. The quantitative estimate of drug-likeness (QED) is 0.877. The summed E-state index contributed by atoms with van der Waals surface area (Å²) >= 11 is 0. The van der Waals surface area contributed by atoms with Gasteiger partial charge < -0.3 is 15.4 Å². The maximum absolute atomic E-state index is 12.1. The van der Waals surface area contributed by atoms with Crippen molar-refractivity contribution in [3.63, 3.8) is 0 Å². The molecule has 2 atom stereocenters. The van der Waals surface area contributed by atoms with E-state index >= 15 is 0 Å². The topological polar surface area (TPSA) is 50.4 Å². The molecule has 0 aromatic heterocycles. The van der Waals surface area contributed by atoms with E-state index in [0.717, 1.165) is 18.4 Å². The number of piperidine rings is 1. The van der Waals surface area contributed by atoms with Crippen LogP contribution < -0.4 is 15.4 Å². The van der Waals surface area contributed by atoms with Gasteiger partial charge in [0.2, 0.25) is 5.91 Å². The molecule has 120 valence electrons. The van der Waals surface area contributed by atoms with Crippen LogP contribution >= 0.6 is 0 Å². The van der Waals surface area contributed by atoms with E-state index in [0.29, 0.717) is 12.1 Å². The van der Waals surface area contributed by atoms with Gasteiger partial charge in [-0.15, -0.1) is 0 Å². The summed E-state index contributed by atoms with van der Waals surface area (Å²) in [6, 6.07) is 7.52. The molecule has 0 spiro atoms. The largest absolute Gasteiger partial charge is 0.435 e. The third-order valence-electron chi connectivity index (χ3n) is 4.35. The van der Waals surface area contributed by atoms with Gasteiger partial charge in [0, 0.05) is 18.1 Å². The molecule has 22 heavy (non-hydrogen) atoms. The van der Waals surface area contributed by atoms with Crippen LogP contribution in [0.4, 0.5) is 8.78 Å². The van der Waals surface area contributed by atoms with Crippen molar-refractivity contribution in [1.29, 1.82) is 0 Å². The van der Waals surface area contributed by atoms with Crippen LogP contribution in [0.5, 0.6) is 5.75 Å². The number of carbonyl (C=O) groups is 1. The Bertz CT molecular complexity index is 509. The Labute approximate surface area is 128 Å². The second-order valence-corrected chi connectivity index (χ2v) is 6.07. The van der Waals surface area contributed by atoms with Crippen molar-refractivity contribution in [3.8, 4) is 5.75 Å². The predicted octanol–water partition coefficient (Wildman–Crippen LogP) is 2.23. The lowest BCUT2D eigenvalue weighted by molar-refractivity contribution is -0.121. The molecule has 2 aliphatic heterocycles. The van der Waals surface area contributed by atoms with Gasteiger partial charge >= 0.3 is 6.61 Å². The standard InChI is InChI=1S/C16H20F2N2O2/c17-16(18)22-14-5-1-10(2-6-14)7-15(21)20-13-8-11-3-4-12(9-13)19-11/h1-2,5-6,11-13,16,19H,3-4,7-9H2,(H,20,21). The van der Waals surface area contributed by atoms with Crippen LogP contribution in [0, 0.1) is 0 Å². The minimum absolute atomic E-state index is 0.0196. The number of halogens is 2. The van der Waals surface area contributed by atoms with E-state index in [1.165, 1.54) is 25.0 Å². The lowest BCUT2D eigenvalue weighted by Crippen LogP contribution is -2.48. The van der Waals surface area contributed by atoms with Gasteiger partial charge in [0.1, 0.15) is 5.75 Å². The van der Waals surface area contributed by atoms with E-state index in [9.17, 15) is 13.6 Å². The minimum atomic E-state index is -2.83. The second kappa shape index (κ2) is 6.60. The highest BCUT2D eigenvalue weighted by molar-refractivity contribution is 5.78. The Kier molecular flexibility index (Phi) is 4.57. The first-order valence-corrected chi connectivity index (χ1v) is 7.67. The molecule has 0 aliphatic carbocycles. The summed E-state index contributed by atoms with van der Waals surface area (Å²) in [5, 5.41) is 6.62. The van der Waals surface area contributed by atoms with Crippen molar-refractivity contribution in [2.75, 3.05) is 0 Å². The van der Waals surface area contributed by atoms with Gasteiger partial charge in [0.15, 0.2) is 0 Å². The van der Waals surface area contributed by atoms with Crippen LogP contribution in [0.2, 0.25) is 0 Å². The fourth-order valence-corrected chi connectivity index (χ4v) is 3.43. The first-order chi connectivity index (χ1) is 10.6. The first-order valence-electron chi connectivity index (χ1n) is 7.67. The monoisotopic (exact) mass is 310 g/mol. The zero-order valence-electron chi connectivity index (χ0n) is 12.2. The SMILES string of the molecule is O=C(Cc1ccc(OC(F)F)cc1)NC1CC2CCC(C1)N2. The number of rotatable bonds is 5. The smallest absolute Gasteiger partial charge is 0.387 e.